The van der Waals surface area contributed by atoms with Crippen LogP contribution in [0.4, 0.5) is 11.4 Å². The monoisotopic (exact) mass is 390 g/mol. The summed E-state index contributed by atoms with van der Waals surface area (Å²) < 4.78 is 30.8. The van der Waals surface area contributed by atoms with Gasteiger partial charge in [0.25, 0.3) is 0 Å². The smallest absolute Gasteiger partial charge is 0.232 e. The van der Waals surface area contributed by atoms with Gasteiger partial charge < -0.3 is 10.1 Å². The lowest BCUT2D eigenvalue weighted by molar-refractivity contribution is -0.116. The molecule has 1 amide bonds. The minimum Gasteiger partial charge on any atom is -0.497 e. The zero-order chi connectivity index (χ0) is 19.9. The topological polar surface area (TPSA) is 75.7 Å². The number of carbonyl (C=O) groups excluding carboxylic acids is 1. The quantitative estimate of drug-likeness (QED) is 0.712. The van der Waals surface area contributed by atoms with Crippen molar-refractivity contribution in [3.63, 3.8) is 0 Å². The summed E-state index contributed by atoms with van der Waals surface area (Å²) in [5, 5.41) is 2.91. The fraction of sp³-hybridized carbons (Fsp3) is 0.350. The first-order valence-electron chi connectivity index (χ1n) is 8.84. The molecule has 0 aliphatic carbocycles. The Morgan fingerprint density at radius 2 is 1.89 bits per heavy atom. The van der Waals surface area contributed by atoms with Gasteiger partial charge in [0.05, 0.1) is 19.1 Å². The molecular weight excluding hydrogens is 364 g/mol. The molecule has 146 valence electrons. The number of carbonyl (C=O) groups is 1. The van der Waals surface area contributed by atoms with Gasteiger partial charge in [-0.15, -0.1) is 0 Å². The molecule has 0 aromatic heterocycles. The van der Waals surface area contributed by atoms with E-state index in [0.29, 0.717) is 17.9 Å². The number of anilines is 2. The number of nitrogens with one attached hydrogen (secondary N) is 1. The van der Waals surface area contributed by atoms with E-state index in [9.17, 15) is 13.2 Å². The van der Waals surface area contributed by atoms with Gasteiger partial charge in [-0.1, -0.05) is 31.2 Å². The fourth-order valence-electron chi connectivity index (χ4n) is 2.80. The number of aryl methyl sites for hydroxylation is 1. The van der Waals surface area contributed by atoms with E-state index < -0.39 is 10.0 Å². The summed E-state index contributed by atoms with van der Waals surface area (Å²) in [5.41, 5.74) is 2.39. The summed E-state index contributed by atoms with van der Waals surface area (Å²) in [6.07, 6.45) is 2.62. The van der Waals surface area contributed by atoms with Gasteiger partial charge in [0, 0.05) is 24.7 Å². The van der Waals surface area contributed by atoms with Crippen molar-refractivity contribution in [3.05, 3.63) is 54.1 Å². The Morgan fingerprint density at radius 3 is 2.56 bits per heavy atom. The second-order valence-corrected chi connectivity index (χ2v) is 8.11. The van der Waals surface area contributed by atoms with Gasteiger partial charge in [-0.25, -0.2) is 8.42 Å². The molecule has 0 saturated heterocycles. The van der Waals surface area contributed by atoms with Gasteiger partial charge in [0.2, 0.25) is 15.9 Å². The van der Waals surface area contributed by atoms with Crippen molar-refractivity contribution in [1.82, 2.24) is 0 Å². The average Bonchev–Trinajstić information content (AvgIpc) is 2.64. The molecule has 0 bridgehead atoms. The molecule has 1 N–H and O–H groups in total. The highest BCUT2D eigenvalue weighted by molar-refractivity contribution is 7.92. The molecule has 0 aliphatic rings. The summed E-state index contributed by atoms with van der Waals surface area (Å²) in [4.78, 5) is 12.2. The first kappa shape index (κ1) is 20.8. The predicted molar refractivity (Wildman–Crippen MR) is 109 cm³/mol. The van der Waals surface area contributed by atoms with Gasteiger partial charge in [-0.05, 0) is 36.6 Å². The van der Waals surface area contributed by atoms with E-state index in [1.807, 2.05) is 31.2 Å². The molecule has 6 nitrogen and oxygen atoms in total. The normalized spacial score (nSPS) is 11.1. The lowest BCUT2D eigenvalue weighted by atomic mass is 10.1. The minimum atomic E-state index is -3.46. The van der Waals surface area contributed by atoms with E-state index in [0.717, 1.165) is 23.9 Å². The Kier molecular flexibility index (Phi) is 7.24. The van der Waals surface area contributed by atoms with Gasteiger partial charge in [0.15, 0.2) is 0 Å². The van der Waals surface area contributed by atoms with Crippen molar-refractivity contribution in [3.8, 4) is 5.75 Å². The minimum absolute atomic E-state index is 0.130. The van der Waals surface area contributed by atoms with Crippen molar-refractivity contribution in [2.75, 3.05) is 29.5 Å². The van der Waals surface area contributed by atoms with Crippen LogP contribution in [0.15, 0.2) is 48.5 Å². The van der Waals surface area contributed by atoms with Crippen LogP contribution in [0.25, 0.3) is 0 Å². The maximum atomic E-state index is 12.2. The Hall–Kier alpha value is -2.54. The number of hydrogen-bond acceptors (Lipinski definition) is 4. The number of para-hydroxylation sites is 1. The Bertz CT molecular complexity index is 881. The van der Waals surface area contributed by atoms with Crippen molar-refractivity contribution >= 4 is 27.3 Å². The van der Waals surface area contributed by atoms with E-state index in [4.69, 9.17) is 4.74 Å². The molecule has 2 aromatic carbocycles. The van der Waals surface area contributed by atoms with Crippen LogP contribution in [-0.4, -0.2) is 34.2 Å². The maximum Gasteiger partial charge on any atom is 0.232 e. The molecule has 0 radical (unpaired) electrons. The van der Waals surface area contributed by atoms with E-state index >= 15 is 0 Å². The molecule has 0 heterocycles. The number of benzene rings is 2. The van der Waals surface area contributed by atoms with E-state index in [2.05, 4.69) is 5.32 Å². The fourth-order valence-corrected chi connectivity index (χ4v) is 3.76. The van der Waals surface area contributed by atoms with E-state index in [1.54, 1.807) is 24.3 Å². The lowest BCUT2D eigenvalue weighted by Gasteiger charge is -2.22. The zero-order valence-electron chi connectivity index (χ0n) is 15.9. The predicted octanol–water partition coefficient (Wildman–Crippen LogP) is 3.44. The van der Waals surface area contributed by atoms with Crippen molar-refractivity contribution in [2.24, 2.45) is 0 Å². The van der Waals surface area contributed by atoms with Crippen LogP contribution in [-0.2, 0) is 21.2 Å². The van der Waals surface area contributed by atoms with Gasteiger partial charge in [-0.2, -0.15) is 0 Å². The number of ether oxygens (including phenoxy) is 1. The highest BCUT2D eigenvalue weighted by Crippen LogP contribution is 2.23. The number of hydrogen-bond donors (Lipinski definition) is 1. The SMILES string of the molecule is CCc1ccccc1NC(=O)CCCN(c1cccc(OC)c1)S(C)(=O)=O. The van der Waals surface area contributed by atoms with Crippen LogP contribution >= 0.6 is 0 Å². The summed E-state index contributed by atoms with van der Waals surface area (Å²) >= 11 is 0. The molecule has 0 unspecified atom stereocenters. The molecule has 2 aromatic rings. The van der Waals surface area contributed by atoms with Crippen LogP contribution in [0, 0.1) is 0 Å². The summed E-state index contributed by atoms with van der Waals surface area (Å²) in [6.45, 7) is 2.25. The lowest BCUT2D eigenvalue weighted by Crippen LogP contribution is -2.31. The number of methoxy groups -OCH3 is 1. The Morgan fingerprint density at radius 1 is 1.15 bits per heavy atom. The summed E-state index contributed by atoms with van der Waals surface area (Å²) in [5.74, 6) is 0.449. The number of nitrogens with zero attached hydrogens (tertiary/aromatic N) is 1. The maximum absolute atomic E-state index is 12.2. The third-order valence-corrected chi connectivity index (χ3v) is 5.37. The van der Waals surface area contributed by atoms with Crippen LogP contribution < -0.4 is 14.4 Å². The van der Waals surface area contributed by atoms with E-state index in [-0.39, 0.29) is 18.9 Å². The Balaban J connectivity index is 2.00. The number of sulfonamides is 1. The zero-order valence-corrected chi connectivity index (χ0v) is 16.8. The first-order chi connectivity index (χ1) is 12.8. The molecule has 0 spiro atoms. The second kappa shape index (κ2) is 9.41. The highest BCUT2D eigenvalue weighted by atomic mass is 32.2. The van der Waals surface area contributed by atoms with Crippen LogP contribution in [0.3, 0.4) is 0 Å². The highest BCUT2D eigenvalue weighted by Gasteiger charge is 2.18. The summed E-state index contributed by atoms with van der Waals surface area (Å²) in [7, 11) is -1.93. The van der Waals surface area contributed by atoms with Gasteiger partial charge in [0.1, 0.15) is 5.75 Å². The average molecular weight is 391 g/mol. The van der Waals surface area contributed by atoms with Crippen molar-refractivity contribution in [2.45, 2.75) is 26.2 Å². The number of rotatable bonds is 9. The first-order valence-corrected chi connectivity index (χ1v) is 10.7. The molecule has 2 rings (SSSR count). The largest absolute Gasteiger partial charge is 0.497 e. The summed E-state index contributed by atoms with van der Waals surface area (Å²) in [6, 6.07) is 14.5. The molecule has 27 heavy (non-hydrogen) atoms. The molecule has 0 saturated carbocycles. The van der Waals surface area contributed by atoms with Crippen LogP contribution in [0.2, 0.25) is 0 Å². The van der Waals surface area contributed by atoms with Gasteiger partial charge in [-0.3, -0.25) is 9.10 Å². The van der Waals surface area contributed by atoms with Crippen LogP contribution in [0.1, 0.15) is 25.3 Å². The number of amides is 1. The molecule has 0 atom stereocenters. The molecule has 0 fully saturated rings. The molecule has 0 aliphatic heterocycles. The molecular formula is C20H26N2O4S. The second-order valence-electron chi connectivity index (χ2n) is 6.20. The third-order valence-electron chi connectivity index (χ3n) is 4.18. The standard InChI is InChI=1S/C20H26N2O4S/c1-4-16-9-5-6-12-19(16)21-20(23)13-8-14-22(27(3,24)25)17-10-7-11-18(15-17)26-2/h5-7,9-12,15H,4,8,13-14H2,1-3H3,(H,21,23). The van der Waals surface area contributed by atoms with Crippen LogP contribution in [0.5, 0.6) is 5.75 Å². The van der Waals surface area contributed by atoms with Crippen molar-refractivity contribution in [1.29, 1.82) is 0 Å². The van der Waals surface area contributed by atoms with Gasteiger partial charge >= 0.3 is 0 Å². The third kappa shape index (κ3) is 5.99. The van der Waals surface area contributed by atoms with E-state index in [1.165, 1.54) is 11.4 Å². The Labute approximate surface area is 161 Å². The molecule has 7 heteroatoms. The van der Waals surface area contributed by atoms with Crippen molar-refractivity contribution < 1.29 is 17.9 Å².